The summed E-state index contributed by atoms with van der Waals surface area (Å²) < 4.78 is 0. The Morgan fingerprint density at radius 2 is 2.06 bits per heavy atom. The summed E-state index contributed by atoms with van der Waals surface area (Å²) in [6, 6.07) is 5.18. The Hall–Kier alpha value is -1.96. The highest BCUT2D eigenvalue weighted by Gasteiger charge is 1.94. The summed E-state index contributed by atoms with van der Waals surface area (Å²) in [6.07, 6.45) is 8.66. The molecule has 0 aliphatic rings. The first-order chi connectivity index (χ1) is 7.63. The van der Waals surface area contributed by atoms with Gasteiger partial charge < -0.3 is 10.2 Å². The molecule has 1 aromatic carbocycles. The van der Waals surface area contributed by atoms with E-state index in [2.05, 4.69) is 0 Å². The molecule has 2 heteroatoms. The lowest BCUT2D eigenvalue weighted by molar-refractivity contribution is 0.432. The SMILES string of the molecule is C\C=C/C(O)=C\C=C\c1ccc(O)cc1C. The van der Waals surface area contributed by atoms with Crippen molar-refractivity contribution in [1.29, 1.82) is 0 Å². The Morgan fingerprint density at radius 1 is 1.31 bits per heavy atom. The molecule has 2 nitrogen and oxygen atoms in total. The van der Waals surface area contributed by atoms with E-state index < -0.39 is 0 Å². The number of rotatable bonds is 3. The molecule has 0 saturated carbocycles. The number of hydrogen-bond donors (Lipinski definition) is 2. The van der Waals surface area contributed by atoms with Crippen molar-refractivity contribution < 1.29 is 10.2 Å². The summed E-state index contributed by atoms with van der Waals surface area (Å²) in [5.74, 6) is 0.483. The predicted octanol–water partition coefficient (Wildman–Crippen LogP) is 3.73. The molecule has 0 aliphatic carbocycles. The maximum Gasteiger partial charge on any atom is 0.115 e. The van der Waals surface area contributed by atoms with E-state index in [-0.39, 0.29) is 11.5 Å². The molecule has 0 aromatic heterocycles. The highest BCUT2D eigenvalue weighted by Crippen LogP contribution is 2.16. The zero-order valence-electron chi connectivity index (χ0n) is 9.51. The largest absolute Gasteiger partial charge is 0.508 e. The molecule has 0 fully saturated rings. The van der Waals surface area contributed by atoms with Gasteiger partial charge in [0.05, 0.1) is 0 Å². The fourth-order valence-corrected chi connectivity index (χ4v) is 1.32. The predicted molar refractivity (Wildman–Crippen MR) is 67.4 cm³/mol. The van der Waals surface area contributed by atoms with Crippen LogP contribution in [0.1, 0.15) is 18.1 Å². The van der Waals surface area contributed by atoms with Gasteiger partial charge in [0.2, 0.25) is 0 Å². The maximum atomic E-state index is 9.32. The van der Waals surface area contributed by atoms with Gasteiger partial charge in [-0.3, -0.25) is 0 Å². The van der Waals surface area contributed by atoms with Crippen LogP contribution in [0, 0.1) is 6.92 Å². The molecule has 0 saturated heterocycles. The van der Waals surface area contributed by atoms with Crippen molar-refractivity contribution >= 4 is 6.08 Å². The van der Waals surface area contributed by atoms with Gasteiger partial charge in [-0.05, 0) is 49.3 Å². The van der Waals surface area contributed by atoms with Crippen LogP contribution in [-0.2, 0) is 0 Å². The number of aliphatic hydroxyl groups is 1. The first kappa shape index (κ1) is 12.1. The minimum absolute atomic E-state index is 0.218. The first-order valence-corrected chi connectivity index (χ1v) is 5.13. The van der Waals surface area contributed by atoms with Gasteiger partial charge in [-0.1, -0.05) is 24.3 Å². The molecule has 1 aromatic rings. The van der Waals surface area contributed by atoms with Crippen LogP contribution in [0.5, 0.6) is 5.75 Å². The van der Waals surface area contributed by atoms with Gasteiger partial charge in [-0.2, -0.15) is 0 Å². The van der Waals surface area contributed by atoms with E-state index in [9.17, 15) is 10.2 Å². The van der Waals surface area contributed by atoms with Gasteiger partial charge in [-0.15, -0.1) is 0 Å². The molecular formula is C14H16O2. The lowest BCUT2D eigenvalue weighted by Crippen LogP contribution is -1.79. The van der Waals surface area contributed by atoms with Crippen molar-refractivity contribution in [2.45, 2.75) is 13.8 Å². The van der Waals surface area contributed by atoms with Crippen LogP contribution in [0.15, 0.2) is 48.3 Å². The zero-order chi connectivity index (χ0) is 12.0. The summed E-state index contributed by atoms with van der Waals surface area (Å²) in [6.45, 7) is 3.77. The maximum absolute atomic E-state index is 9.32. The van der Waals surface area contributed by atoms with E-state index in [1.165, 1.54) is 0 Å². The van der Waals surface area contributed by atoms with E-state index in [1.807, 2.05) is 26.0 Å². The molecule has 2 N–H and O–H groups in total. The summed E-state index contributed by atoms with van der Waals surface area (Å²) >= 11 is 0. The van der Waals surface area contributed by atoms with E-state index >= 15 is 0 Å². The number of phenols is 1. The molecule has 0 bridgehead atoms. The smallest absolute Gasteiger partial charge is 0.115 e. The fourth-order valence-electron chi connectivity index (χ4n) is 1.32. The second kappa shape index (κ2) is 5.81. The van der Waals surface area contributed by atoms with Crippen molar-refractivity contribution in [2.75, 3.05) is 0 Å². The summed E-state index contributed by atoms with van der Waals surface area (Å²) in [5, 5.41) is 18.6. The van der Waals surface area contributed by atoms with Crippen molar-refractivity contribution in [3.8, 4) is 5.75 Å². The first-order valence-electron chi connectivity index (χ1n) is 5.13. The van der Waals surface area contributed by atoms with E-state index in [1.54, 1.807) is 36.4 Å². The van der Waals surface area contributed by atoms with Crippen LogP contribution >= 0.6 is 0 Å². The Kier molecular flexibility index (Phi) is 4.40. The molecule has 0 unspecified atom stereocenters. The number of phenolic OH excluding ortho intramolecular Hbond substituents is 1. The summed E-state index contributed by atoms with van der Waals surface area (Å²) in [5.41, 5.74) is 2.01. The van der Waals surface area contributed by atoms with Crippen LogP contribution in [0.25, 0.3) is 6.08 Å². The molecule has 0 spiro atoms. The van der Waals surface area contributed by atoms with Gasteiger partial charge in [0.1, 0.15) is 11.5 Å². The quantitative estimate of drug-likeness (QED) is 0.597. The molecule has 0 amide bonds. The minimum Gasteiger partial charge on any atom is -0.508 e. The highest BCUT2D eigenvalue weighted by atomic mass is 16.3. The third-order valence-electron chi connectivity index (χ3n) is 2.13. The Morgan fingerprint density at radius 3 is 2.69 bits per heavy atom. The third-order valence-corrected chi connectivity index (χ3v) is 2.13. The molecule has 0 aliphatic heterocycles. The van der Waals surface area contributed by atoms with Crippen LogP contribution in [0.3, 0.4) is 0 Å². The second-order valence-corrected chi connectivity index (χ2v) is 3.49. The third kappa shape index (κ3) is 3.65. The van der Waals surface area contributed by atoms with E-state index in [0.717, 1.165) is 11.1 Å². The van der Waals surface area contributed by atoms with Crippen LogP contribution < -0.4 is 0 Å². The van der Waals surface area contributed by atoms with E-state index in [4.69, 9.17) is 0 Å². The number of hydrogen-bond acceptors (Lipinski definition) is 2. The number of aromatic hydroxyl groups is 1. The van der Waals surface area contributed by atoms with Crippen LogP contribution in [-0.4, -0.2) is 10.2 Å². The lowest BCUT2D eigenvalue weighted by Gasteiger charge is -1.99. The highest BCUT2D eigenvalue weighted by molar-refractivity contribution is 5.56. The summed E-state index contributed by atoms with van der Waals surface area (Å²) in [4.78, 5) is 0. The number of aliphatic hydroxyl groups excluding tert-OH is 1. The Labute approximate surface area is 95.9 Å². The molecule has 0 atom stereocenters. The standard InChI is InChI=1S/C14H16O2/c1-3-5-13(15)7-4-6-12-8-9-14(16)10-11(12)2/h3-10,15-16H,1-2H3/b5-3-,6-4+,13-7+. The average molecular weight is 216 g/mol. The topological polar surface area (TPSA) is 40.5 Å². The van der Waals surface area contributed by atoms with Crippen molar-refractivity contribution in [3.05, 3.63) is 59.4 Å². The van der Waals surface area contributed by atoms with Crippen molar-refractivity contribution in [1.82, 2.24) is 0 Å². The molecule has 0 heterocycles. The number of allylic oxidation sites excluding steroid dienone is 4. The monoisotopic (exact) mass is 216 g/mol. The van der Waals surface area contributed by atoms with Gasteiger partial charge >= 0.3 is 0 Å². The molecule has 1 rings (SSSR count). The lowest BCUT2D eigenvalue weighted by atomic mass is 10.1. The van der Waals surface area contributed by atoms with Crippen LogP contribution in [0.2, 0.25) is 0 Å². The number of benzene rings is 1. The number of aryl methyl sites for hydroxylation is 1. The molecule has 16 heavy (non-hydrogen) atoms. The molecule has 0 radical (unpaired) electrons. The van der Waals surface area contributed by atoms with Crippen LogP contribution in [0.4, 0.5) is 0 Å². The van der Waals surface area contributed by atoms with Gasteiger partial charge in [0.25, 0.3) is 0 Å². The van der Waals surface area contributed by atoms with Crippen molar-refractivity contribution in [3.63, 3.8) is 0 Å². The molecular weight excluding hydrogens is 200 g/mol. The zero-order valence-corrected chi connectivity index (χ0v) is 9.51. The van der Waals surface area contributed by atoms with Gasteiger partial charge in [-0.25, -0.2) is 0 Å². The average Bonchev–Trinajstić information content (AvgIpc) is 2.22. The minimum atomic E-state index is 0.218. The fraction of sp³-hybridized carbons (Fsp3) is 0.143. The Bertz CT molecular complexity index is 440. The van der Waals surface area contributed by atoms with E-state index in [0.29, 0.717) is 0 Å². The second-order valence-electron chi connectivity index (χ2n) is 3.49. The summed E-state index contributed by atoms with van der Waals surface area (Å²) in [7, 11) is 0. The normalized spacial score (nSPS) is 12.8. The van der Waals surface area contributed by atoms with Gasteiger partial charge in [0.15, 0.2) is 0 Å². The van der Waals surface area contributed by atoms with Crippen molar-refractivity contribution in [2.24, 2.45) is 0 Å². The Balaban J connectivity index is 2.81. The van der Waals surface area contributed by atoms with Gasteiger partial charge in [0, 0.05) is 0 Å². The molecule has 84 valence electrons.